The molecule has 1 amide bonds. The smallest absolute Gasteiger partial charge is 0.254 e. The summed E-state index contributed by atoms with van der Waals surface area (Å²) in [5.41, 5.74) is -0.549. The fourth-order valence-electron chi connectivity index (χ4n) is 2.57. The number of hydrogen-bond donors (Lipinski definition) is 2. The van der Waals surface area contributed by atoms with Crippen LogP contribution in [-0.4, -0.2) is 22.9 Å². The van der Waals surface area contributed by atoms with Crippen molar-refractivity contribution in [3.05, 3.63) is 0 Å². The van der Waals surface area contributed by atoms with Gasteiger partial charge in [-0.2, -0.15) is 0 Å². The first kappa shape index (κ1) is 11.4. The van der Waals surface area contributed by atoms with Crippen LogP contribution in [0.1, 0.15) is 47.0 Å². The Hall–Kier alpha value is -1.06. The molecule has 2 atom stereocenters. The van der Waals surface area contributed by atoms with Crippen LogP contribution >= 0.6 is 0 Å². The zero-order valence-electron chi connectivity index (χ0n) is 10.6. The van der Waals surface area contributed by atoms with Crippen LogP contribution in [0.3, 0.4) is 0 Å². The Morgan fingerprint density at radius 3 is 2.69 bits per heavy atom. The zero-order chi connectivity index (χ0) is 12.0. The molecule has 2 unspecified atom stereocenters. The molecule has 16 heavy (non-hydrogen) atoms. The molecular formula is C12H21N3O. The van der Waals surface area contributed by atoms with Gasteiger partial charge in [0.25, 0.3) is 5.91 Å². The Morgan fingerprint density at radius 2 is 2.19 bits per heavy atom. The molecule has 4 nitrogen and oxygen atoms in total. The van der Waals surface area contributed by atoms with Crippen LogP contribution in [0.2, 0.25) is 0 Å². The summed E-state index contributed by atoms with van der Waals surface area (Å²) in [5.74, 6) is 1.07. The molecule has 0 aromatic carbocycles. The average Bonchev–Trinajstić information content (AvgIpc) is 2.58. The van der Waals surface area contributed by atoms with Crippen LogP contribution in [0.25, 0.3) is 0 Å². The molecule has 90 valence electrons. The van der Waals surface area contributed by atoms with Crippen LogP contribution in [0.4, 0.5) is 0 Å². The molecule has 0 radical (unpaired) electrons. The van der Waals surface area contributed by atoms with Crippen LogP contribution < -0.4 is 10.6 Å². The summed E-state index contributed by atoms with van der Waals surface area (Å²) >= 11 is 0. The molecule has 0 aromatic heterocycles. The second-order valence-corrected chi connectivity index (χ2v) is 6.01. The molecule has 1 fully saturated rings. The van der Waals surface area contributed by atoms with Crippen molar-refractivity contribution >= 4 is 11.9 Å². The summed E-state index contributed by atoms with van der Waals surface area (Å²) in [6.45, 7) is 8.30. The SMILES string of the molecule is CC1CCCC12N=C(NC(C)(C)C)NC2=O. The standard InChI is InChI=1S/C12H21N3O/c1-8-6-5-7-12(8)9(16)13-10(15-12)14-11(2,3)4/h8H,5-7H2,1-4H3,(H2,13,14,15,16). The van der Waals surface area contributed by atoms with E-state index in [0.29, 0.717) is 11.9 Å². The minimum Gasteiger partial charge on any atom is -0.351 e. The average molecular weight is 223 g/mol. The van der Waals surface area contributed by atoms with Crippen molar-refractivity contribution in [1.29, 1.82) is 0 Å². The lowest BCUT2D eigenvalue weighted by molar-refractivity contribution is -0.124. The van der Waals surface area contributed by atoms with Gasteiger partial charge in [-0.05, 0) is 39.5 Å². The van der Waals surface area contributed by atoms with Gasteiger partial charge in [-0.25, -0.2) is 4.99 Å². The van der Waals surface area contributed by atoms with Crippen LogP contribution in [0.5, 0.6) is 0 Å². The fraction of sp³-hybridized carbons (Fsp3) is 0.833. The lowest BCUT2D eigenvalue weighted by atomic mass is 9.89. The Bertz CT molecular complexity index is 343. The number of aliphatic imine (C=N–C) groups is 1. The Morgan fingerprint density at radius 1 is 1.50 bits per heavy atom. The molecule has 2 rings (SSSR count). The molecule has 1 saturated carbocycles. The highest BCUT2D eigenvalue weighted by Gasteiger charge is 2.50. The van der Waals surface area contributed by atoms with Crippen LogP contribution in [-0.2, 0) is 4.79 Å². The van der Waals surface area contributed by atoms with E-state index in [1.807, 2.05) is 0 Å². The molecule has 4 heteroatoms. The van der Waals surface area contributed by atoms with E-state index in [1.54, 1.807) is 0 Å². The van der Waals surface area contributed by atoms with Gasteiger partial charge in [0.05, 0.1) is 0 Å². The van der Waals surface area contributed by atoms with E-state index in [2.05, 4.69) is 43.3 Å². The molecular weight excluding hydrogens is 202 g/mol. The van der Waals surface area contributed by atoms with Gasteiger partial charge in [0.1, 0.15) is 5.54 Å². The number of hydrogen-bond acceptors (Lipinski definition) is 3. The maximum atomic E-state index is 12.0. The third-order valence-corrected chi connectivity index (χ3v) is 3.44. The third-order valence-electron chi connectivity index (χ3n) is 3.44. The number of guanidine groups is 1. The molecule has 1 aliphatic carbocycles. The Kier molecular flexibility index (Phi) is 2.48. The Labute approximate surface area is 96.9 Å². The lowest BCUT2D eigenvalue weighted by Crippen LogP contribution is -2.48. The summed E-state index contributed by atoms with van der Waals surface area (Å²) in [6, 6.07) is 0. The number of carbonyl (C=O) groups excluding carboxylic acids is 1. The first-order valence-corrected chi connectivity index (χ1v) is 6.03. The fourth-order valence-corrected chi connectivity index (χ4v) is 2.57. The minimum absolute atomic E-state index is 0.0700. The second-order valence-electron chi connectivity index (χ2n) is 6.01. The summed E-state index contributed by atoms with van der Waals surface area (Å²) < 4.78 is 0. The normalized spacial score (nSPS) is 34.1. The highest BCUT2D eigenvalue weighted by atomic mass is 16.2. The number of nitrogens with one attached hydrogen (secondary N) is 2. The van der Waals surface area contributed by atoms with Gasteiger partial charge in [-0.3, -0.25) is 10.1 Å². The predicted octanol–water partition coefficient (Wildman–Crippen LogP) is 1.42. The van der Waals surface area contributed by atoms with E-state index < -0.39 is 5.54 Å². The van der Waals surface area contributed by atoms with Gasteiger partial charge in [0.15, 0.2) is 5.96 Å². The maximum absolute atomic E-state index is 12.0. The van der Waals surface area contributed by atoms with Gasteiger partial charge in [-0.1, -0.05) is 13.3 Å². The minimum atomic E-state index is -0.479. The molecule has 1 heterocycles. The monoisotopic (exact) mass is 223 g/mol. The summed E-state index contributed by atoms with van der Waals surface area (Å²) in [7, 11) is 0. The van der Waals surface area contributed by atoms with Gasteiger partial charge >= 0.3 is 0 Å². The molecule has 1 spiro atoms. The number of rotatable bonds is 0. The quantitative estimate of drug-likeness (QED) is 0.652. The molecule has 2 N–H and O–H groups in total. The molecule has 1 aliphatic heterocycles. The second kappa shape index (κ2) is 3.47. The highest BCUT2D eigenvalue weighted by Crippen LogP contribution is 2.40. The van der Waals surface area contributed by atoms with Gasteiger partial charge in [0, 0.05) is 5.54 Å². The molecule has 2 aliphatic rings. The molecule has 0 bridgehead atoms. The van der Waals surface area contributed by atoms with E-state index in [9.17, 15) is 4.79 Å². The lowest BCUT2D eigenvalue weighted by Gasteiger charge is -2.22. The number of amides is 1. The van der Waals surface area contributed by atoms with E-state index >= 15 is 0 Å². The van der Waals surface area contributed by atoms with Gasteiger partial charge in [-0.15, -0.1) is 0 Å². The summed E-state index contributed by atoms with van der Waals surface area (Å²) in [4.78, 5) is 16.7. The van der Waals surface area contributed by atoms with Gasteiger partial charge in [0.2, 0.25) is 0 Å². The van der Waals surface area contributed by atoms with Crippen LogP contribution in [0.15, 0.2) is 4.99 Å². The largest absolute Gasteiger partial charge is 0.351 e. The summed E-state index contributed by atoms with van der Waals surface area (Å²) in [5, 5.41) is 6.11. The molecule has 0 saturated heterocycles. The van der Waals surface area contributed by atoms with Gasteiger partial charge < -0.3 is 5.32 Å². The Balaban J connectivity index is 2.20. The van der Waals surface area contributed by atoms with Crippen molar-refractivity contribution in [1.82, 2.24) is 10.6 Å². The number of nitrogens with zero attached hydrogens (tertiary/aromatic N) is 1. The topological polar surface area (TPSA) is 53.5 Å². The van der Waals surface area contributed by atoms with Crippen LogP contribution in [0, 0.1) is 5.92 Å². The highest BCUT2D eigenvalue weighted by molar-refractivity contribution is 6.07. The van der Waals surface area contributed by atoms with Crippen molar-refractivity contribution in [3.8, 4) is 0 Å². The van der Waals surface area contributed by atoms with Crippen molar-refractivity contribution in [2.45, 2.75) is 58.0 Å². The third kappa shape index (κ3) is 1.81. The number of carbonyl (C=O) groups is 1. The van der Waals surface area contributed by atoms with E-state index in [1.165, 1.54) is 0 Å². The first-order valence-electron chi connectivity index (χ1n) is 6.03. The van der Waals surface area contributed by atoms with Crippen molar-refractivity contribution < 1.29 is 4.79 Å². The van der Waals surface area contributed by atoms with Crippen molar-refractivity contribution in [2.24, 2.45) is 10.9 Å². The van der Waals surface area contributed by atoms with E-state index in [0.717, 1.165) is 19.3 Å². The maximum Gasteiger partial charge on any atom is 0.254 e. The first-order chi connectivity index (χ1) is 7.33. The van der Waals surface area contributed by atoms with E-state index in [4.69, 9.17) is 0 Å². The summed E-state index contributed by atoms with van der Waals surface area (Å²) in [6.07, 6.45) is 3.08. The van der Waals surface area contributed by atoms with E-state index in [-0.39, 0.29) is 11.4 Å². The zero-order valence-corrected chi connectivity index (χ0v) is 10.6. The molecule has 0 aromatic rings. The van der Waals surface area contributed by atoms with Crippen molar-refractivity contribution in [3.63, 3.8) is 0 Å². The van der Waals surface area contributed by atoms with Crippen molar-refractivity contribution in [2.75, 3.05) is 0 Å². The predicted molar refractivity (Wildman–Crippen MR) is 64.2 cm³/mol.